The number of phenolic OH excluding ortho intramolecular Hbond substituents is 1. The number of aryl methyl sites for hydroxylation is 1. The van der Waals surface area contributed by atoms with E-state index in [1.807, 2.05) is 29.3 Å². The van der Waals surface area contributed by atoms with E-state index in [0.29, 0.717) is 18.8 Å². The van der Waals surface area contributed by atoms with Crippen LogP contribution in [0.2, 0.25) is 0 Å². The van der Waals surface area contributed by atoms with Crippen LogP contribution in [0.25, 0.3) is 0 Å². The van der Waals surface area contributed by atoms with Gasteiger partial charge in [-0.25, -0.2) is 9.78 Å². The van der Waals surface area contributed by atoms with E-state index >= 15 is 0 Å². The highest BCUT2D eigenvalue weighted by Crippen LogP contribution is 2.36. The molecule has 0 radical (unpaired) electrons. The number of rotatable bonds is 2. The maximum atomic E-state index is 12.7. The van der Waals surface area contributed by atoms with Crippen molar-refractivity contribution in [2.45, 2.75) is 25.8 Å². The minimum atomic E-state index is -0.0250. The van der Waals surface area contributed by atoms with Gasteiger partial charge in [0.05, 0.1) is 6.04 Å². The summed E-state index contributed by atoms with van der Waals surface area (Å²) in [5.41, 5.74) is 3.20. The topological polar surface area (TPSA) is 68.7 Å². The second-order valence-electron chi connectivity index (χ2n) is 7.05. The Morgan fingerprint density at radius 2 is 2.04 bits per heavy atom. The van der Waals surface area contributed by atoms with Gasteiger partial charge in [0.1, 0.15) is 11.6 Å². The van der Waals surface area contributed by atoms with Gasteiger partial charge in [-0.15, -0.1) is 0 Å². The number of pyridine rings is 1. The number of amides is 2. The molecule has 6 heteroatoms. The number of nitrogens with zero attached hydrogens (tertiary/aromatic N) is 3. The largest absolute Gasteiger partial charge is 0.508 e. The van der Waals surface area contributed by atoms with Crippen molar-refractivity contribution in [3.8, 4) is 5.75 Å². The first-order chi connectivity index (χ1) is 12.6. The van der Waals surface area contributed by atoms with Gasteiger partial charge in [0.2, 0.25) is 0 Å². The molecule has 136 valence electrons. The molecule has 2 N–H and O–H groups in total. The molecule has 0 bridgehead atoms. The van der Waals surface area contributed by atoms with E-state index in [-0.39, 0.29) is 12.1 Å². The molecule has 2 heterocycles. The number of urea groups is 1. The van der Waals surface area contributed by atoms with Crippen molar-refractivity contribution in [1.82, 2.24) is 15.2 Å². The molecule has 1 aromatic heterocycles. The van der Waals surface area contributed by atoms with Crippen LogP contribution < -0.4 is 10.2 Å². The molecule has 1 unspecified atom stereocenters. The number of anilines is 1. The zero-order valence-electron chi connectivity index (χ0n) is 15.0. The molecule has 1 fully saturated rings. The summed E-state index contributed by atoms with van der Waals surface area (Å²) in [6.07, 6.45) is 3.47. The van der Waals surface area contributed by atoms with Gasteiger partial charge < -0.3 is 20.2 Å². The third-order valence-electron chi connectivity index (χ3n) is 5.34. The molecule has 1 aliphatic carbocycles. The number of carbonyl (C=O) groups excluding carboxylic acids is 1. The lowest BCUT2D eigenvalue weighted by Gasteiger charge is -2.36. The molecule has 6 nitrogen and oxygen atoms in total. The van der Waals surface area contributed by atoms with Crippen LogP contribution in [0.3, 0.4) is 0 Å². The molecule has 1 aromatic carbocycles. The Kier molecular flexibility index (Phi) is 4.41. The van der Waals surface area contributed by atoms with Gasteiger partial charge in [0.25, 0.3) is 0 Å². The monoisotopic (exact) mass is 352 g/mol. The lowest BCUT2D eigenvalue weighted by molar-refractivity contribution is 0.190. The number of fused-ring (bicyclic) bond motifs is 1. The molecular weight excluding hydrogens is 328 g/mol. The average Bonchev–Trinajstić information content (AvgIpc) is 3.06. The van der Waals surface area contributed by atoms with Crippen molar-refractivity contribution >= 4 is 11.8 Å². The van der Waals surface area contributed by atoms with E-state index in [1.54, 1.807) is 6.07 Å². The summed E-state index contributed by atoms with van der Waals surface area (Å²) in [6.45, 7) is 4.99. The normalized spacial score (nSPS) is 19.3. The third kappa shape index (κ3) is 3.19. The highest BCUT2D eigenvalue weighted by molar-refractivity contribution is 5.75. The number of hydrogen-bond acceptors (Lipinski definition) is 4. The summed E-state index contributed by atoms with van der Waals surface area (Å²) in [6, 6.07) is 9.58. The molecule has 2 aliphatic rings. The smallest absolute Gasteiger partial charge is 0.318 e. The lowest BCUT2D eigenvalue weighted by atomic mass is 10.1. The average molecular weight is 352 g/mol. The van der Waals surface area contributed by atoms with Crippen molar-refractivity contribution < 1.29 is 9.90 Å². The van der Waals surface area contributed by atoms with Crippen LogP contribution in [0.15, 0.2) is 36.5 Å². The summed E-state index contributed by atoms with van der Waals surface area (Å²) in [5.74, 6) is 1.31. The predicted octanol–water partition coefficient (Wildman–Crippen LogP) is 2.61. The SMILES string of the molecule is Cc1ccnc(N2CCN(C(=O)NC3CCc4c(O)cccc43)CC2)c1. The van der Waals surface area contributed by atoms with Gasteiger partial charge in [-0.2, -0.15) is 0 Å². The minimum Gasteiger partial charge on any atom is -0.508 e. The van der Waals surface area contributed by atoms with Crippen LogP contribution in [0.1, 0.15) is 29.2 Å². The first-order valence-corrected chi connectivity index (χ1v) is 9.15. The summed E-state index contributed by atoms with van der Waals surface area (Å²) in [5, 5.41) is 13.1. The van der Waals surface area contributed by atoms with Gasteiger partial charge in [0, 0.05) is 32.4 Å². The van der Waals surface area contributed by atoms with Gasteiger partial charge in [-0.3, -0.25) is 0 Å². The maximum absolute atomic E-state index is 12.7. The summed E-state index contributed by atoms with van der Waals surface area (Å²) < 4.78 is 0. The van der Waals surface area contributed by atoms with Crippen LogP contribution in [0.4, 0.5) is 10.6 Å². The Balaban J connectivity index is 1.36. The number of nitrogens with one attached hydrogen (secondary N) is 1. The van der Waals surface area contributed by atoms with Crippen LogP contribution in [0.5, 0.6) is 5.75 Å². The van der Waals surface area contributed by atoms with Gasteiger partial charge >= 0.3 is 6.03 Å². The molecule has 0 spiro atoms. The summed E-state index contributed by atoms with van der Waals surface area (Å²) >= 11 is 0. The Morgan fingerprint density at radius 3 is 2.81 bits per heavy atom. The Morgan fingerprint density at radius 1 is 1.23 bits per heavy atom. The van der Waals surface area contributed by atoms with Crippen molar-refractivity contribution in [1.29, 1.82) is 0 Å². The second-order valence-corrected chi connectivity index (χ2v) is 7.05. The number of phenols is 1. The second kappa shape index (κ2) is 6.86. The van der Waals surface area contributed by atoms with Crippen molar-refractivity contribution in [2.75, 3.05) is 31.1 Å². The minimum absolute atomic E-state index is 0.0129. The van der Waals surface area contributed by atoms with E-state index < -0.39 is 0 Å². The van der Waals surface area contributed by atoms with E-state index in [2.05, 4.69) is 28.2 Å². The fraction of sp³-hybridized carbons (Fsp3) is 0.400. The zero-order chi connectivity index (χ0) is 18.1. The Labute approximate surface area is 153 Å². The molecular formula is C20H24N4O2. The van der Waals surface area contributed by atoms with Crippen molar-refractivity contribution in [3.05, 3.63) is 53.2 Å². The Hall–Kier alpha value is -2.76. The quantitative estimate of drug-likeness (QED) is 0.872. The summed E-state index contributed by atoms with van der Waals surface area (Å²) in [4.78, 5) is 21.2. The number of hydrogen-bond donors (Lipinski definition) is 2. The van der Waals surface area contributed by atoms with Crippen LogP contribution >= 0.6 is 0 Å². The standard InChI is InChI=1S/C20H24N4O2/c1-14-7-8-21-19(13-14)23-9-11-24(12-10-23)20(26)22-17-6-5-16-15(17)3-2-4-18(16)25/h2-4,7-8,13,17,25H,5-6,9-12H2,1H3,(H,22,26). The van der Waals surface area contributed by atoms with E-state index in [0.717, 1.165) is 42.9 Å². The van der Waals surface area contributed by atoms with E-state index in [4.69, 9.17) is 0 Å². The zero-order valence-corrected chi connectivity index (χ0v) is 15.0. The predicted molar refractivity (Wildman–Crippen MR) is 100 cm³/mol. The fourth-order valence-electron chi connectivity index (χ4n) is 3.86. The van der Waals surface area contributed by atoms with Crippen molar-refractivity contribution in [3.63, 3.8) is 0 Å². The first-order valence-electron chi connectivity index (χ1n) is 9.15. The number of aromatic nitrogens is 1. The third-order valence-corrected chi connectivity index (χ3v) is 5.34. The number of carbonyl (C=O) groups is 1. The van der Waals surface area contributed by atoms with Crippen LogP contribution in [0, 0.1) is 6.92 Å². The molecule has 2 amide bonds. The first kappa shape index (κ1) is 16.7. The molecule has 1 atom stereocenters. The van der Waals surface area contributed by atoms with E-state index in [1.165, 1.54) is 5.56 Å². The highest BCUT2D eigenvalue weighted by Gasteiger charge is 2.29. The highest BCUT2D eigenvalue weighted by atomic mass is 16.3. The van der Waals surface area contributed by atoms with Gasteiger partial charge in [-0.05, 0) is 54.7 Å². The summed E-state index contributed by atoms with van der Waals surface area (Å²) in [7, 11) is 0. The lowest BCUT2D eigenvalue weighted by Crippen LogP contribution is -2.52. The Bertz CT molecular complexity index is 815. The number of piperazine rings is 1. The van der Waals surface area contributed by atoms with Gasteiger partial charge in [-0.1, -0.05) is 12.1 Å². The molecule has 1 aliphatic heterocycles. The van der Waals surface area contributed by atoms with E-state index in [9.17, 15) is 9.90 Å². The maximum Gasteiger partial charge on any atom is 0.318 e. The van der Waals surface area contributed by atoms with Crippen LogP contribution in [-0.4, -0.2) is 47.2 Å². The molecule has 2 aromatic rings. The molecule has 0 saturated carbocycles. The van der Waals surface area contributed by atoms with Gasteiger partial charge in [0.15, 0.2) is 0 Å². The number of benzene rings is 1. The fourth-order valence-corrected chi connectivity index (χ4v) is 3.86. The van der Waals surface area contributed by atoms with Crippen LogP contribution in [-0.2, 0) is 6.42 Å². The molecule has 4 rings (SSSR count). The van der Waals surface area contributed by atoms with Crippen molar-refractivity contribution in [2.24, 2.45) is 0 Å². The molecule has 26 heavy (non-hydrogen) atoms. The molecule has 1 saturated heterocycles. The number of aromatic hydroxyl groups is 1.